The van der Waals surface area contributed by atoms with Crippen LogP contribution in [-0.2, 0) is 42.9 Å². The summed E-state index contributed by atoms with van der Waals surface area (Å²) in [7, 11) is 0. The summed E-state index contributed by atoms with van der Waals surface area (Å²) in [5, 5.41) is 31.5. The number of hydrogen-bond acceptors (Lipinski definition) is 11. The molecule has 12 heteroatoms. The third-order valence-electron chi connectivity index (χ3n) is 13.9. The molecule has 0 aromatic rings. The van der Waals surface area contributed by atoms with Crippen molar-refractivity contribution in [3.05, 3.63) is 48.6 Å². The molecule has 1 rings (SSSR count). The molecule has 75 heavy (non-hydrogen) atoms. The quantitative estimate of drug-likeness (QED) is 0.0228. The van der Waals surface area contributed by atoms with Crippen molar-refractivity contribution in [2.24, 2.45) is 0 Å². The Morgan fingerprint density at radius 3 is 1.29 bits per heavy atom. The molecule has 0 radical (unpaired) electrons. The first-order valence-corrected chi connectivity index (χ1v) is 30.6. The van der Waals surface area contributed by atoms with E-state index in [-0.39, 0.29) is 25.9 Å². The van der Waals surface area contributed by atoms with E-state index < -0.39 is 67.3 Å². The van der Waals surface area contributed by atoms with E-state index in [1.165, 1.54) is 109 Å². The second-order valence-electron chi connectivity index (χ2n) is 21.0. The van der Waals surface area contributed by atoms with Crippen LogP contribution in [0.25, 0.3) is 0 Å². The van der Waals surface area contributed by atoms with Crippen LogP contribution >= 0.6 is 0 Å². The molecule has 0 saturated carbocycles. The maximum absolute atomic E-state index is 13.2. The van der Waals surface area contributed by atoms with Gasteiger partial charge in [0.1, 0.15) is 18.8 Å². The van der Waals surface area contributed by atoms with Gasteiger partial charge in [0.25, 0.3) is 0 Å². The van der Waals surface area contributed by atoms with Crippen molar-refractivity contribution >= 4 is 23.9 Å². The van der Waals surface area contributed by atoms with Crippen molar-refractivity contribution in [2.45, 2.75) is 314 Å². The van der Waals surface area contributed by atoms with Crippen LogP contribution in [0.5, 0.6) is 0 Å². The summed E-state index contributed by atoms with van der Waals surface area (Å²) >= 11 is 0. The average molecular weight is 1060 g/mol. The van der Waals surface area contributed by atoms with Crippen molar-refractivity contribution in [1.82, 2.24) is 0 Å². The molecule has 1 saturated heterocycles. The first kappa shape index (κ1) is 69.7. The normalized spacial score (nSPS) is 18.4. The highest BCUT2D eigenvalue weighted by molar-refractivity contribution is 5.74. The predicted molar refractivity (Wildman–Crippen MR) is 303 cm³/mol. The van der Waals surface area contributed by atoms with E-state index in [0.717, 1.165) is 109 Å². The van der Waals surface area contributed by atoms with Crippen LogP contribution in [0.15, 0.2) is 48.6 Å². The Balaban J connectivity index is 2.69. The van der Waals surface area contributed by atoms with E-state index in [2.05, 4.69) is 69.4 Å². The van der Waals surface area contributed by atoms with Gasteiger partial charge in [-0.25, -0.2) is 4.79 Å². The van der Waals surface area contributed by atoms with Crippen molar-refractivity contribution < 1.29 is 58.2 Å². The molecule has 3 N–H and O–H groups in total. The summed E-state index contributed by atoms with van der Waals surface area (Å²) < 4.78 is 28.5. The number of ether oxygens (including phenoxy) is 5. The summed E-state index contributed by atoms with van der Waals surface area (Å²) in [6, 6.07) is 0. The summed E-state index contributed by atoms with van der Waals surface area (Å²) in [4.78, 5) is 51.2. The number of esters is 3. The third kappa shape index (κ3) is 41.5. The Morgan fingerprint density at radius 2 is 0.840 bits per heavy atom. The summed E-state index contributed by atoms with van der Waals surface area (Å²) in [6.07, 6.45) is 49.3. The van der Waals surface area contributed by atoms with Crippen molar-refractivity contribution in [2.75, 3.05) is 13.2 Å². The van der Waals surface area contributed by atoms with E-state index in [0.29, 0.717) is 19.3 Å². The first-order valence-electron chi connectivity index (χ1n) is 30.6. The fourth-order valence-corrected chi connectivity index (χ4v) is 9.20. The molecular weight excluding hydrogens is 949 g/mol. The molecule has 1 heterocycles. The van der Waals surface area contributed by atoms with E-state index in [4.69, 9.17) is 23.7 Å². The Hall–Kier alpha value is -3.32. The van der Waals surface area contributed by atoms with Crippen LogP contribution in [-0.4, -0.2) is 89.2 Å². The second-order valence-corrected chi connectivity index (χ2v) is 21.0. The first-order chi connectivity index (χ1) is 36.6. The zero-order chi connectivity index (χ0) is 54.7. The van der Waals surface area contributed by atoms with E-state index >= 15 is 0 Å². The summed E-state index contributed by atoms with van der Waals surface area (Å²) in [5.41, 5.74) is 0. The molecule has 434 valence electrons. The Kier molecular flexibility index (Phi) is 47.8. The molecule has 1 fully saturated rings. The topological polar surface area (TPSA) is 175 Å². The van der Waals surface area contributed by atoms with Crippen molar-refractivity contribution in [3.63, 3.8) is 0 Å². The maximum Gasteiger partial charge on any atom is 0.335 e. The maximum atomic E-state index is 13.2. The molecule has 0 amide bonds. The monoisotopic (exact) mass is 1060 g/mol. The number of hydrogen-bond donors (Lipinski definition) is 3. The SMILES string of the molecule is CC/C=C\C/C=C\C/C=C\CCCCCCCC(=O)OC1C(OCC(COC(=O)CCCCCCC/C=C\CCCCCCCC)OC(=O)CCCCCCCCCCCCCCCCC)OC(C(=O)O)C(O)C1O. The summed E-state index contributed by atoms with van der Waals surface area (Å²) in [6.45, 7) is 5.89. The van der Waals surface area contributed by atoms with Crippen LogP contribution < -0.4 is 0 Å². The number of rotatable bonds is 52. The number of unbranched alkanes of at least 4 members (excludes halogenated alkanes) is 30. The highest BCUT2D eigenvalue weighted by atomic mass is 16.7. The zero-order valence-electron chi connectivity index (χ0n) is 47.8. The van der Waals surface area contributed by atoms with Gasteiger partial charge >= 0.3 is 23.9 Å². The van der Waals surface area contributed by atoms with E-state index in [1.54, 1.807) is 0 Å². The van der Waals surface area contributed by atoms with Gasteiger partial charge in [-0.15, -0.1) is 0 Å². The lowest BCUT2D eigenvalue weighted by molar-refractivity contribution is -0.301. The smallest absolute Gasteiger partial charge is 0.335 e. The molecule has 6 atom stereocenters. The van der Waals surface area contributed by atoms with Crippen LogP contribution in [0, 0.1) is 0 Å². The highest BCUT2D eigenvalue weighted by Crippen LogP contribution is 2.26. The van der Waals surface area contributed by atoms with Gasteiger partial charge in [-0.3, -0.25) is 14.4 Å². The number of carboxylic acids is 1. The van der Waals surface area contributed by atoms with Gasteiger partial charge in [0, 0.05) is 19.3 Å². The van der Waals surface area contributed by atoms with Crippen molar-refractivity contribution in [1.29, 1.82) is 0 Å². The predicted octanol–water partition coefficient (Wildman–Crippen LogP) is 15.8. The molecule has 12 nitrogen and oxygen atoms in total. The molecule has 0 aromatic heterocycles. The largest absolute Gasteiger partial charge is 0.479 e. The van der Waals surface area contributed by atoms with Gasteiger partial charge in [-0.1, -0.05) is 230 Å². The van der Waals surface area contributed by atoms with Crippen LogP contribution in [0.4, 0.5) is 0 Å². The number of aliphatic hydroxyl groups excluding tert-OH is 2. The molecule has 0 aromatic carbocycles. The van der Waals surface area contributed by atoms with E-state index in [9.17, 15) is 34.5 Å². The molecule has 0 spiro atoms. The lowest BCUT2D eigenvalue weighted by atomic mass is 9.98. The number of aliphatic carboxylic acids is 1. The number of allylic oxidation sites excluding steroid dienone is 8. The Labute approximate surface area is 456 Å². The van der Waals surface area contributed by atoms with Crippen molar-refractivity contribution in [3.8, 4) is 0 Å². The van der Waals surface area contributed by atoms with Gasteiger partial charge in [0.2, 0.25) is 0 Å². The molecular formula is C63H110O12. The third-order valence-corrected chi connectivity index (χ3v) is 13.9. The zero-order valence-corrected chi connectivity index (χ0v) is 47.8. The van der Waals surface area contributed by atoms with E-state index in [1.807, 2.05) is 0 Å². The van der Waals surface area contributed by atoms with Crippen LogP contribution in [0.3, 0.4) is 0 Å². The second kappa shape index (κ2) is 51.4. The number of carbonyl (C=O) groups is 4. The molecule has 1 aliphatic heterocycles. The standard InChI is InChI=1S/C63H110O12/c1-4-7-10-13-16-19-22-25-28-31-34-37-40-43-46-49-55(64)71-52-54(73-56(65)50-47-44-41-38-35-32-29-26-23-20-17-14-11-8-5-2)53-72-63-61(59(68)58(67)60(75-63)62(69)70)74-57(66)51-48-45-42-39-36-33-30-27-24-21-18-15-12-9-6-3/h9,12,18,21,25,27-28,30,54,58-61,63,67-68H,4-8,10-11,13-17,19-20,22-24,26,29,31-53H2,1-3H3,(H,69,70)/b12-9-,21-18-,28-25-,30-27-. The number of aliphatic hydroxyl groups is 2. The molecule has 0 bridgehead atoms. The Morgan fingerprint density at radius 1 is 0.453 bits per heavy atom. The van der Waals surface area contributed by atoms with Crippen LogP contribution in [0.2, 0.25) is 0 Å². The molecule has 1 aliphatic rings. The average Bonchev–Trinajstić information content (AvgIpc) is 3.39. The fourth-order valence-electron chi connectivity index (χ4n) is 9.20. The summed E-state index contributed by atoms with van der Waals surface area (Å²) in [5.74, 6) is -3.13. The minimum Gasteiger partial charge on any atom is -0.479 e. The Bertz CT molecular complexity index is 1490. The van der Waals surface area contributed by atoms with Gasteiger partial charge in [0.05, 0.1) is 6.61 Å². The van der Waals surface area contributed by atoms with Gasteiger partial charge in [-0.2, -0.15) is 0 Å². The highest BCUT2D eigenvalue weighted by Gasteiger charge is 2.50. The van der Waals surface area contributed by atoms with Crippen LogP contribution in [0.1, 0.15) is 278 Å². The fraction of sp³-hybridized carbons (Fsp3) is 0.810. The minimum atomic E-state index is -1.91. The number of carbonyl (C=O) groups excluding carboxylic acids is 3. The lowest BCUT2D eigenvalue weighted by Crippen LogP contribution is -2.61. The van der Waals surface area contributed by atoms with Gasteiger partial charge < -0.3 is 39.0 Å². The minimum absolute atomic E-state index is 0.0419. The molecule has 6 unspecified atom stereocenters. The number of carboxylic acid groups (broad SMARTS) is 1. The van der Waals surface area contributed by atoms with Gasteiger partial charge in [-0.05, 0) is 77.0 Å². The lowest BCUT2D eigenvalue weighted by Gasteiger charge is -2.40. The molecule has 0 aliphatic carbocycles. The van der Waals surface area contributed by atoms with Gasteiger partial charge in [0.15, 0.2) is 24.6 Å².